The predicted octanol–water partition coefficient (Wildman–Crippen LogP) is 1.33. The lowest BCUT2D eigenvalue weighted by Gasteiger charge is -2.21. The van der Waals surface area contributed by atoms with E-state index in [2.05, 4.69) is 0 Å². The van der Waals surface area contributed by atoms with Crippen molar-refractivity contribution in [3.63, 3.8) is 0 Å². The SMILES string of the molecule is CC(CN(C)c1cc(N)ccc1[N+](=O)[O-])C(=O)O. The van der Waals surface area contributed by atoms with Crippen molar-refractivity contribution in [3.05, 3.63) is 28.3 Å². The number of nitrogen functional groups attached to an aromatic ring is 1. The van der Waals surface area contributed by atoms with Crippen molar-refractivity contribution in [2.24, 2.45) is 5.92 Å². The molecule has 0 aliphatic carbocycles. The lowest BCUT2D eigenvalue weighted by Crippen LogP contribution is -2.28. The van der Waals surface area contributed by atoms with Crippen LogP contribution in [0.5, 0.6) is 0 Å². The van der Waals surface area contributed by atoms with E-state index in [0.717, 1.165) is 0 Å². The number of nitro benzene ring substituents is 1. The van der Waals surface area contributed by atoms with Crippen molar-refractivity contribution in [2.45, 2.75) is 6.92 Å². The Morgan fingerprint density at radius 2 is 2.22 bits per heavy atom. The number of nitro groups is 1. The van der Waals surface area contributed by atoms with Gasteiger partial charge >= 0.3 is 5.97 Å². The molecule has 0 bridgehead atoms. The standard InChI is InChI=1S/C11H15N3O4/c1-7(11(15)16)6-13(2)10-5-8(12)3-4-9(10)14(17)18/h3-5,7H,6,12H2,1-2H3,(H,15,16). The number of benzene rings is 1. The summed E-state index contributed by atoms with van der Waals surface area (Å²) in [7, 11) is 1.60. The Morgan fingerprint density at radius 1 is 1.61 bits per heavy atom. The van der Waals surface area contributed by atoms with Crippen LogP contribution in [-0.4, -0.2) is 29.6 Å². The average Bonchev–Trinajstić information content (AvgIpc) is 2.28. The summed E-state index contributed by atoms with van der Waals surface area (Å²) in [5, 5.41) is 19.7. The maximum atomic E-state index is 10.9. The van der Waals surface area contributed by atoms with Crippen molar-refractivity contribution in [1.29, 1.82) is 0 Å². The Bertz CT molecular complexity index is 475. The maximum absolute atomic E-state index is 10.9. The monoisotopic (exact) mass is 253 g/mol. The lowest BCUT2D eigenvalue weighted by atomic mass is 10.1. The number of hydrogen-bond donors (Lipinski definition) is 2. The molecule has 0 spiro atoms. The van der Waals surface area contributed by atoms with E-state index in [1.807, 2.05) is 0 Å². The van der Waals surface area contributed by atoms with E-state index in [1.165, 1.54) is 30.0 Å². The van der Waals surface area contributed by atoms with Crippen LogP contribution in [-0.2, 0) is 4.79 Å². The van der Waals surface area contributed by atoms with Gasteiger partial charge in [0.15, 0.2) is 0 Å². The second-order valence-corrected chi connectivity index (χ2v) is 4.13. The van der Waals surface area contributed by atoms with Gasteiger partial charge in [-0.1, -0.05) is 6.92 Å². The van der Waals surface area contributed by atoms with Gasteiger partial charge in [0.1, 0.15) is 5.69 Å². The minimum absolute atomic E-state index is 0.0933. The molecular formula is C11H15N3O4. The van der Waals surface area contributed by atoms with Gasteiger partial charge < -0.3 is 15.7 Å². The van der Waals surface area contributed by atoms with Crippen molar-refractivity contribution in [3.8, 4) is 0 Å². The smallest absolute Gasteiger partial charge is 0.308 e. The molecule has 1 aromatic rings. The molecule has 18 heavy (non-hydrogen) atoms. The highest BCUT2D eigenvalue weighted by Crippen LogP contribution is 2.29. The maximum Gasteiger partial charge on any atom is 0.308 e. The van der Waals surface area contributed by atoms with Gasteiger partial charge in [-0.15, -0.1) is 0 Å². The van der Waals surface area contributed by atoms with E-state index in [-0.39, 0.29) is 12.2 Å². The molecule has 0 saturated heterocycles. The zero-order chi connectivity index (χ0) is 13.9. The largest absolute Gasteiger partial charge is 0.481 e. The van der Waals surface area contributed by atoms with E-state index in [1.54, 1.807) is 7.05 Å². The summed E-state index contributed by atoms with van der Waals surface area (Å²) in [6.45, 7) is 1.70. The first kappa shape index (κ1) is 13.8. The van der Waals surface area contributed by atoms with Gasteiger partial charge in [0, 0.05) is 25.3 Å². The molecule has 0 radical (unpaired) electrons. The second kappa shape index (κ2) is 5.35. The van der Waals surface area contributed by atoms with Gasteiger partial charge in [-0.2, -0.15) is 0 Å². The molecule has 1 atom stereocenters. The fourth-order valence-electron chi connectivity index (χ4n) is 1.59. The highest BCUT2D eigenvalue weighted by Gasteiger charge is 2.20. The summed E-state index contributed by atoms with van der Waals surface area (Å²) in [6.07, 6.45) is 0. The van der Waals surface area contributed by atoms with Crippen molar-refractivity contribution in [2.75, 3.05) is 24.2 Å². The molecule has 0 amide bonds. The first-order valence-electron chi connectivity index (χ1n) is 5.30. The van der Waals surface area contributed by atoms with Crippen LogP contribution in [0.3, 0.4) is 0 Å². The first-order chi connectivity index (χ1) is 8.32. The highest BCUT2D eigenvalue weighted by molar-refractivity contribution is 5.72. The number of carboxylic acids is 1. The van der Waals surface area contributed by atoms with Crippen LogP contribution in [0.2, 0.25) is 0 Å². The summed E-state index contributed by atoms with van der Waals surface area (Å²) in [4.78, 5) is 22.6. The molecule has 0 aliphatic rings. The van der Waals surface area contributed by atoms with Crippen LogP contribution in [0.25, 0.3) is 0 Å². The summed E-state index contributed by atoms with van der Waals surface area (Å²) in [5.41, 5.74) is 6.20. The number of aliphatic carboxylic acids is 1. The normalized spacial score (nSPS) is 11.9. The number of hydrogen-bond acceptors (Lipinski definition) is 5. The molecule has 7 nitrogen and oxygen atoms in total. The molecule has 0 aliphatic heterocycles. The van der Waals surface area contributed by atoms with Crippen molar-refractivity contribution in [1.82, 2.24) is 0 Å². The van der Waals surface area contributed by atoms with Gasteiger partial charge in [0.2, 0.25) is 0 Å². The summed E-state index contributed by atoms with van der Waals surface area (Å²) >= 11 is 0. The van der Waals surface area contributed by atoms with E-state index >= 15 is 0 Å². The minimum atomic E-state index is -0.951. The molecule has 0 saturated carbocycles. The number of nitrogens with zero attached hydrogens (tertiary/aromatic N) is 2. The van der Waals surface area contributed by atoms with E-state index in [0.29, 0.717) is 11.4 Å². The molecule has 3 N–H and O–H groups in total. The van der Waals surface area contributed by atoms with Crippen LogP contribution in [0.1, 0.15) is 6.92 Å². The second-order valence-electron chi connectivity index (χ2n) is 4.13. The van der Waals surface area contributed by atoms with Crippen molar-refractivity contribution >= 4 is 23.0 Å². The Hall–Kier alpha value is -2.31. The highest BCUT2D eigenvalue weighted by atomic mass is 16.6. The van der Waals surface area contributed by atoms with Gasteiger partial charge in [0.25, 0.3) is 5.69 Å². The zero-order valence-electron chi connectivity index (χ0n) is 10.2. The molecule has 1 aromatic carbocycles. The Morgan fingerprint density at radius 3 is 2.72 bits per heavy atom. The molecule has 1 rings (SSSR count). The summed E-state index contributed by atoms with van der Waals surface area (Å²) in [5.74, 6) is -1.58. The molecule has 98 valence electrons. The van der Waals surface area contributed by atoms with Gasteiger partial charge in [-0.25, -0.2) is 0 Å². The van der Waals surface area contributed by atoms with Crippen LogP contribution in [0, 0.1) is 16.0 Å². The van der Waals surface area contributed by atoms with Crippen LogP contribution >= 0.6 is 0 Å². The average molecular weight is 253 g/mol. The molecule has 0 aromatic heterocycles. The van der Waals surface area contributed by atoms with E-state index in [4.69, 9.17) is 10.8 Å². The Balaban J connectivity index is 3.03. The van der Waals surface area contributed by atoms with Gasteiger partial charge in [-0.05, 0) is 12.1 Å². The van der Waals surface area contributed by atoms with Gasteiger partial charge in [0.05, 0.1) is 10.8 Å². The molecule has 0 heterocycles. The quantitative estimate of drug-likeness (QED) is 0.465. The van der Waals surface area contributed by atoms with Crippen molar-refractivity contribution < 1.29 is 14.8 Å². The number of nitrogens with two attached hydrogens (primary N) is 1. The summed E-state index contributed by atoms with van der Waals surface area (Å²) in [6, 6.07) is 4.22. The number of carboxylic acid groups (broad SMARTS) is 1. The fourth-order valence-corrected chi connectivity index (χ4v) is 1.59. The molecule has 7 heteroatoms. The zero-order valence-corrected chi connectivity index (χ0v) is 10.2. The van der Waals surface area contributed by atoms with Gasteiger partial charge in [-0.3, -0.25) is 14.9 Å². The van der Waals surface area contributed by atoms with Crippen LogP contribution < -0.4 is 10.6 Å². The third kappa shape index (κ3) is 3.09. The third-order valence-corrected chi connectivity index (χ3v) is 2.58. The predicted molar refractivity (Wildman–Crippen MR) is 67.6 cm³/mol. The number of carbonyl (C=O) groups is 1. The number of rotatable bonds is 5. The fraction of sp³-hybridized carbons (Fsp3) is 0.364. The first-order valence-corrected chi connectivity index (χ1v) is 5.30. The minimum Gasteiger partial charge on any atom is -0.481 e. The van der Waals surface area contributed by atoms with Crippen LogP contribution in [0.15, 0.2) is 18.2 Å². The topological polar surface area (TPSA) is 110 Å². The third-order valence-electron chi connectivity index (χ3n) is 2.58. The Labute approximate surface area is 104 Å². The van der Waals surface area contributed by atoms with E-state index in [9.17, 15) is 14.9 Å². The van der Waals surface area contributed by atoms with E-state index < -0.39 is 16.8 Å². The Kier molecular flexibility index (Phi) is 4.09. The van der Waals surface area contributed by atoms with Crippen LogP contribution in [0.4, 0.5) is 17.1 Å². The summed E-state index contributed by atoms with van der Waals surface area (Å²) < 4.78 is 0. The molecule has 0 fully saturated rings. The lowest BCUT2D eigenvalue weighted by molar-refractivity contribution is -0.384. The molecular weight excluding hydrogens is 238 g/mol. The molecule has 1 unspecified atom stereocenters. The number of anilines is 2.